The third-order valence-electron chi connectivity index (χ3n) is 4.94. The van der Waals surface area contributed by atoms with Crippen LogP contribution in [0, 0.1) is 0 Å². The molecule has 0 bridgehead atoms. The minimum absolute atomic E-state index is 0.285. The van der Waals surface area contributed by atoms with E-state index in [9.17, 15) is 14.4 Å². The monoisotopic (exact) mass is 446 g/mol. The molecule has 0 unspecified atom stereocenters. The lowest BCUT2D eigenvalue weighted by atomic mass is 10.2. The Balaban J connectivity index is 1.50. The number of nitrogens with one attached hydrogen (secondary N) is 1. The topological polar surface area (TPSA) is 74.7 Å². The summed E-state index contributed by atoms with van der Waals surface area (Å²) in [4.78, 5) is 40.8. The molecule has 162 valence electrons. The third-order valence-corrected chi connectivity index (χ3v) is 5.84. The number of imide groups is 1. The van der Waals surface area contributed by atoms with Gasteiger partial charge < -0.3 is 14.8 Å². The molecule has 0 aliphatic carbocycles. The van der Waals surface area contributed by atoms with E-state index in [1.165, 1.54) is 0 Å². The van der Waals surface area contributed by atoms with E-state index in [1.807, 2.05) is 72.2 Å². The van der Waals surface area contributed by atoms with Crippen molar-refractivity contribution in [1.82, 2.24) is 9.47 Å². The molecule has 1 aliphatic rings. The van der Waals surface area contributed by atoms with E-state index in [-0.39, 0.29) is 11.4 Å². The van der Waals surface area contributed by atoms with Gasteiger partial charge in [-0.05, 0) is 66.4 Å². The molecule has 3 aromatic rings. The average Bonchev–Trinajstić information content (AvgIpc) is 3.34. The molecule has 8 heteroatoms. The lowest BCUT2D eigenvalue weighted by molar-refractivity contribution is -0.127. The molecule has 3 amide bonds. The summed E-state index contributed by atoms with van der Waals surface area (Å²) in [7, 11) is 3.96. The second-order valence-electron chi connectivity index (χ2n) is 7.40. The summed E-state index contributed by atoms with van der Waals surface area (Å²) in [6.45, 7) is -0.329. The van der Waals surface area contributed by atoms with Gasteiger partial charge in [0.15, 0.2) is 0 Å². The van der Waals surface area contributed by atoms with Gasteiger partial charge in [-0.2, -0.15) is 0 Å². The number of hydrogen-bond donors (Lipinski definition) is 1. The Labute approximate surface area is 190 Å². The number of anilines is 2. The van der Waals surface area contributed by atoms with Crippen molar-refractivity contribution < 1.29 is 14.4 Å². The van der Waals surface area contributed by atoms with Crippen LogP contribution in [0.1, 0.15) is 5.69 Å². The molecule has 0 atom stereocenters. The molecule has 1 N–H and O–H groups in total. The van der Waals surface area contributed by atoms with Gasteiger partial charge in [0.1, 0.15) is 6.54 Å². The summed E-state index contributed by atoms with van der Waals surface area (Å²) in [6.07, 6.45) is 3.58. The average molecular weight is 447 g/mol. The summed E-state index contributed by atoms with van der Waals surface area (Å²) in [5.41, 5.74) is 3.39. The molecule has 2 heterocycles. The van der Waals surface area contributed by atoms with Crippen LogP contribution >= 0.6 is 11.8 Å². The molecule has 1 aliphatic heterocycles. The molecule has 1 aromatic heterocycles. The number of carbonyl (C=O) groups excluding carboxylic acids is 3. The molecule has 4 rings (SSSR count). The fourth-order valence-corrected chi connectivity index (χ4v) is 4.12. The summed E-state index contributed by atoms with van der Waals surface area (Å²) in [6, 6.07) is 20.7. The second kappa shape index (κ2) is 9.15. The van der Waals surface area contributed by atoms with Crippen molar-refractivity contribution in [3.63, 3.8) is 0 Å². The number of nitrogens with zero attached hydrogens (tertiary/aromatic N) is 3. The van der Waals surface area contributed by atoms with Gasteiger partial charge in [0.2, 0.25) is 5.91 Å². The second-order valence-corrected chi connectivity index (χ2v) is 8.39. The van der Waals surface area contributed by atoms with Crippen LogP contribution in [0.4, 0.5) is 16.2 Å². The molecule has 2 aromatic carbocycles. The Morgan fingerprint density at radius 3 is 2.41 bits per heavy atom. The Kier molecular flexibility index (Phi) is 6.13. The van der Waals surface area contributed by atoms with Crippen LogP contribution < -0.4 is 10.2 Å². The predicted octanol–water partition coefficient (Wildman–Crippen LogP) is 4.22. The molecule has 1 saturated heterocycles. The highest BCUT2D eigenvalue weighted by Gasteiger charge is 2.36. The van der Waals surface area contributed by atoms with Gasteiger partial charge in [0, 0.05) is 43.0 Å². The first-order valence-electron chi connectivity index (χ1n) is 9.98. The van der Waals surface area contributed by atoms with E-state index in [0.29, 0.717) is 5.69 Å². The predicted molar refractivity (Wildman–Crippen MR) is 128 cm³/mol. The molecule has 1 fully saturated rings. The number of aromatic nitrogens is 1. The van der Waals surface area contributed by atoms with Crippen molar-refractivity contribution in [1.29, 1.82) is 0 Å². The van der Waals surface area contributed by atoms with Gasteiger partial charge in [0.05, 0.1) is 4.91 Å². The molecule has 0 spiro atoms. The highest BCUT2D eigenvalue weighted by Crippen LogP contribution is 2.32. The molecular formula is C24H22N4O3S. The Hall–Kier alpha value is -3.78. The zero-order valence-electron chi connectivity index (χ0n) is 17.7. The minimum atomic E-state index is -0.473. The molecule has 0 saturated carbocycles. The van der Waals surface area contributed by atoms with Crippen molar-refractivity contribution in [2.24, 2.45) is 0 Å². The number of carbonyl (C=O) groups is 3. The maximum absolute atomic E-state index is 12.8. The Bertz CT molecular complexity index is 1180. The number of thioether (sulfide) groups is 1. The van der Waals surface area contributed by atoms with Crippen LogP contribution in [0.2, 0.25) is 0 Å². The lowest BCUT2D eigenvalue weighted by Gasteiger charge is -2.14. The van der Waals surface area contributed by atoms with Gasteiger partial charge in [-0.25, -0.2) is 0 Å². The number of amides is 3. The molecule has 0 radical (unpaired) electrons. The summed E-state index contributed by atoms with van der Waals surface area (Å²) < 4.78 is 1.94. The van der Waals surface area contributed by atoms with Crippen LogP contribution in [0.5, 0.6) is 0 Å². The number of para-hydroxylation sites is 1. The number of rotatable bonds is 6. The number of hydrogen-bond acceptors (Lipinski definition) is 5. The first-order valence-corrected chi connectivity index (χ1v) is 10.8. The van der Waals surface area contributed by atoms with Crippen molar-refractivity contribution >= 4 is 46.3 Å². The van der Waals surface area contributed by atoms with E-state index in [1.54, 1.807) is 30.3 Å². The van der Waals surface area contributed by atoms with Crippen molar-refractivity contribution in [2.75, 3.05) is 30.9 Å². The van der Waals surface area contributed by atoms with E-state index in [2.05, 4.69) is 5.32 Å². The van der Waals surface area contributed by atoms with E-state index >= 15 is 0 Å². The van der Waals surface area contributed by atoms with Crippen LogP contribution in [-0.4, -0.2) is 47.2 Å². The normalized spacial score (nSPS) is 14.8. The standard InChI is InChI=1S/C24H22N4O3S/c1-26(2)18-10-12-19(13-11-18)27-14-6-9-20(27)15-21-23(30)28(24(31)32-21)16-22(29)25-17-7-4-3-5-8-17/h3-15H,16H2,1-2H3,(H,25,29)/b21-15-. The van der Waals surface area contributed by atoms with E-state index < -0.39 is 17.1 Å². The van der Waals surface area contributed by atoms with Crippen molar-refractivity contribution in [2.45, 2.75) is 0 Å². The zero-order valence-corrected chi connectivity index (χ0v) is 18.5. The summed E-state index contributed by atoms with van der Waals surface area (Å²) >= 11 is 0.837. The Morgan fingerprint density at radius 2 is 1.72 bits per heavy atom. The Morgan fingerprint density at radius 1 is 1.00 bits per heavy atom. The fourth-order valence-electron chi connectivity index (χ4n) is 3.29. The zero-order chi connectivity index (χ0) is 22.7. The van der Waals surface area contributed by atoms with Gasteiger partial charge in [-0.3, -0.25) is 19.3 Å². The quantitative estimate of drug-likeness (QED) is 0.574. The van der Waals surface area contributed by atoms with Gasteiger partial charge >= 0.3 is 0 Å². The van der Waals surface area contributed by atoms with Crippen LogP contribution in [0.25, 0.3) is 11.8 Å². The third kappa shape index (κ3) is 4.60. The SMILES string of the molecule is CN(C)c1ccc(-n2cccc2/C=C2\SC(=O)N(CC(=O)Nc3ccccc3)C2=O)cc1. The maximum atomic E-state index is 12.8. The fraction of sp³-hybridized carbons (Fsp3) is 0.125. The number of benzene rings is 2. The van der Waals surface area contributed by atoms with Crippen molar-refractivity contribution in [3.05, 3.63) is 83.5 Å². The maximum Gasteiger partial charge on any atom is 0.294 e. The lowest BCUT2D eigenvalue weighted by Crippen LogP contribution is -2.36. The molecule has 32 heavy (non-hydrogen) atoms. The van der Waals surface area contributed by atoms with Crippen LogP contribution in [0.15, 0.2) is 77.8 Å². The van der Waals surface area contributed by atoms with Crippen molar-refractivity contribution in [3.8, 4) is 5.69 Å². The van der Waals surface area contributed by atoms with E-state index in [0.717, 1.165) is 33.7 Å². The minimum Gasteiger partial charge on any atom is -0.378 e. The van der Waals surface area contributed by atoms with Gasteiger partial charge in [-0.1, -0.05) is 18.2 Å². The van der Waals surface area contributed by atoms with Crippen LogP contribution in [-0.2, 0) is 9.59 Å². The summed E-state index contributed by atoms with van der Waals surface area (Å²) in [5, 5.41) is 2.23. The first kappa shape index (κ1) is 21.5. The highest BCUT2D eigenvalue weighted by atomic mass is 32.2. The smallest absolute Gasteiger partial charge is 0.294 e. The van der Waals surface area contributed by atoms with Crippen LogP contribution in [0.3, 0.4) is 0 Å². The summed E-state index contributed by atoms with van der Waals surface area (Å²) in [5.74, 6) is -0.900. The first-order chi connectivity index (χ1) is 15.4. The molecule has 7 nitrogen and oxygen atoms in total. The molecular weight excluding hydrogens is 424 g/mol. The highest BCUT2D eigenvalue weighted by molar-refractivity contribution is 8.18. The van der Waals surface area contributed by atoms with Gasteiger partial charge in [-0.15, -0.1) is 0 Å². The van der Waals surface area contributed by atoms with Gasteiger partial charge in [0.25, 0.3) is 11.1 Å². The van der Waals surface area contributed by atoms with E-state index in [4.69, 9.17) is 0 Å². The largest absolute Gasteiger partial charge is 0.378 e.